The Labute approximate surface area is 185 Å². The van der Waals surface area contributed by atoms with Crippen LogP contribution in [-0.2, 0) is 15.3 Å². The van der Waals surface area contributed by atoms with Crippen molar-refractivity contribution in [2.75, 3.05) is 11.5 Å². The van der Waals surface area contributed by atoms with Crippen molar-refractivity contribution in [3.63, 3.8) is 0 Å². The Kier molecular flexibility index (Phi) is 6.00. The van der Waals surface area contributed by atoms with E-state index < -0.39 is 0 Å². The first-order valence-corrected chi connectivity index (χ1v) is 11.1. The molecular weight excluding hydrogens is 410 g/mol. The van der Waals surface area contributed by atoms with Crippen LogP contribution >= 0.6 is 11.8 Å². The van der Waals surface area contributed by atoms with Crippen LogP contribution < -0.4 is 9.64 Å². The maximum atomic E-state index is 13.5. The van der Waals surface area contributed by atoms with Crippen molar-refractivity contribution >= 4 is 34.8 Å². The number of amides is 2. The first kappa shape index (κ1) is 21.0. The van der Waals surface area contributed by atoms with E-state index in [0.717, 1.165) is 22.6 Å². The maximum absolute atomic E-state index is 13.5. The van der Waals surface area contributed by atoms with Crippen LogP contribution in [-0.4, -0.2) is 18.4 Å². The van der Waals surface area contributed by atoms with Crippen molar-refractivity contribution in [1.29, 1.82) is 0 Å². The van der Waals surface area contributed by atoms with Crippen LogP contribution in [0.3, 0.4) is 0 Å². The number of hydrogen-bond acceptors (Lipinski definition) is 5. The molecule has 0 saturated carbocycles. The molecule has 0 saturated heterocycles. The lowest BCUT2D eigenvalue weighted by Gasteiger charge is -2.16. The molecule has 0 N–H and O–H groups in total. The molecule has 3 aromatic rings. The number of aryl methyl sites for hydroxylation is 2. The van der Waals surface area contributed by atoms with Crippen molar-refractivity contribution in [2.24, 2.45) is 0 Å². The van der Waals surface area contributed by atoms with E-state index in [1.807, 2.05) is 69.3 Å². The molecule has 0 bridgehead atoms. The zero-order valence-corrected chi connectivity index (χ0v) is 18.5. The molecule has 1 aliphatic rings. The predicted octanol–water partition coefficient (Wildman–Crippen LogP) is 5.51. The fourth-order valence-electron chi connectivity index (χ4n) is 3.63. The number of anilines is 1. The summed E-state index contributed by atoms with van der Waals surface area (Å²) in [5.41, 5.74) is 3.67. The zero-order valence-electron chi connectivity index (χ0n) is 17.7. The third kappa shape index (κ3) is 4.30. The number of thioether (sulfide) groups is 1. The highest BCUT2D eigenvalue weighted by Gasteiger charge is 2.40. The number of furan rings is 1. The number of ether oxygens (including phenoxy) is 1. The van der Waals surface area contributed by atoms with Gasteiger partial charge in [-0.3, -0.25) is 9.59 Å². The van der Waals surface area contributed by atoms with Gasteiger partial charge in [-0.1, -0.05) is 18.2 Å². The van der Waals surface area contributed by atoms with E-state index in [4.69, 9.17) is 9.15 Å². The first-order chi connectivity index (χ1) is 15.0. The average molecular weight is 434 g/mol. The molecule has 5 nitrogen and oxygen atoms in total. The van der Waals surface area contributed by atoms with Gasteiger partial charge in [0.25, 0.3) is 11.8 Å². The second-order valence-electron chi connectivity index (χ2n) is 7.32. The molecule has 1 aromatic heterocycles. The molecule has 158 valence electrons. The molecule has 6 heteroatoms. The van der Waals surface area contributed by atoms with E-state index in [2.05, 4.69) is 0 Å². The van der Waals surface area contributed by atoms with Gasteiger partial charge in [-0.15, -0.1) is 11.8 Å². The topological polar surface area (TPSA) is 59.8 Å². The van der Waals surface area contributed by atoms with Crippen LogP contribution in [0.25, 0.3) is 5.57 Å². The Morgan fingerprint density at radius 3 is 2.29 bits per heavy atom. The van der Waals surface area contributed by atoms with Gasteiger partial charge in [0, 0.05) is 0 Å². The summed E-state index contributed by atoms with van der Waals surface area (Å²) >= 11 is 1.32. The van der Waals surface area contributed by atoms with E-state index in [-0.39, 0.29) is 11.8 Å². The van der Waals surface area contributed by atoms with E-state index in [1.165, 1.54) is 16.7 Å². The van der Waals surface area contributed by atoms with Gasteiger partial charge in [0.2, 0.25) is 0 Å². The molecular formula is C25H23NO4S. The summed E-state index contributed by atoms with van der Waals surface area (Å²) in [7, 11) is 0. The summed E-state index contributed by atoms with van der Waals surface area (Å²) in [6, 6.07) is 16.7. The van der Waals surface area contributed by atoms with Gasteiger partial charge in [-0.25, -0.2) is 4.90 Å². The quantitative estimate of drug-likeness (QED) is 0.460. The minimum absolute atomic E-state index is 0.310. The zero-order chi connectivity index (χ0) is 22.0. The molecule has 0 fully saturated rings. The van der Waals surface area contributed by atoms with Gasteiger partial charge in [0.15, 0.2) is 0 Å². The van der Waals surface area contributed by atoms with Gasteiger partial charge in [-0.05, 0) is 73.9 Å². The minimum Gasteiger partial charge on any atom is -0.494 e. The Balaban J connectivity index is 1.74. The van der Waals surface area contributed by atoms with Crippen LogP contribution in [0.5, 0.6) is 5.75 Å². The van der Waals surface area contributed by atoms with Gasteiger partial charge in [-0.2, -0.15) is 0 Å². The van der Waals surface area contributed by atoms with Crippen LogP contribution in [0.15, 0.2) is 70.2 Å². The first-order valence-electron chi connectivity index (χ1n) is 10.1. The molecule has 2 aromatic carbocycles. The Morgan fingerprint density at radius 2 is 1.68 bits per heavy atom. The predicted molar refractivity (Wildman–Crippen MR) is 123 cm³/mol. The maximum Gasteiger partial charge on any atom is 0.272 e. The van der Waals surface area contributed by atoms with E-state index in [0.29, 0.717) is 34.1 Å². The molecule has 0 radical (unpaired) electrons. The lowest BCUT2D eigenvalue weighted by atomic mass is 10.1. The van der Waals surface area contributed by atoms with Gasteiger partial charge >= 0.3 is 0 Å². The summed E-state index contributed by atoms with van der Waals surface area (Å²) in [4.78, 5) is 28.6. The van der Waals surface area contributed by atoms with Gasteiger partial charge in [0.1, 0.15) is 11.5 Å². The van der Waals surface area contributed by atoms with Crippen LogP contribution in [0.1, 0.15) is 29.4 Å². The number of imide groups is 1. The molecule has 0 spiro atoms. The Bertz CT molecular complexity index is 1130. The molecule has 1 aliphatic heterocycles. The molecule has 0 unspecified atom stereocenters. The van der Waals surface area contributed by atoms with E-state index in [1.54, 1.807) is 12.3 Å². The smallest absolute Gasteiger partial charge is 0.272 e. The fraction of sp³-hybridized carbons (Fsp3) is 0.200. The lowest BCUT2D eigenvalue weighted by molar-refractivity contribution is -0.119. The standard InChI is InChI=1S/C25H23NO4S/c1-4-29-20-9-7-18(8-10-20)22-23(31-15-21-6-5-11-30-21)25(28)26(24(22)27)19-13-16(2)12-17(3)14-19/h5-14H,4,15H2,1-3H3. The Hall–Kier alpha value is -3.25. The largest absolute Gasteiger partial charge is 0.494 e. The number of carbonyl (C=O) groups is 2. The van der Waals surface area contributed by atoms with Crippen molar-refractivity contribution < 1.29 is 18.7 Å². The number of carbonyl (C=O) groups excluding carboxylic acids is 2. The van der Waals surface area contributed by atoms with Crippen molar-refractivity contribution in [2.45, 2.75) is 26.5 Å². The van der Waals surface area contributed by atoms with E-state index >= 15 is 0 Å². The summed E-state index contributed by atoms with van der Waals surface area (Å²) in [6.45, 7) is 6.38. The van der Waals surface area contributed by atoms with Crippen LogP contribution in [0.4, 0.5) is 5.69 Å². The molecule has 31 heavy (non-hydrogen) atoms. The number of rotatable bonds is 7. The van der Waals surface area contributed by atoms with Crippen LogP contribution in [0, 0.1) is 13.8 Å². The summed E-state index contributed by atoms with van der Waals surface area (Å²) in [5, 5.41) is 0. The molecule has 0 aliphatic carbocycles. The van der Waals surface area contributed by atoms with Crippen molar-refractivity contribution in [1.82, 2.24) is 0 Å². The number of benzene rings is 2. The SMILES string of the molecule is CCOc1ccc(C2=C(SCc3ccco3)C(=O)N(c3cc(C)cc(C)c3)C2=O)cc1. The molecule has 0 atom stereocenters. The minimum atomic E-state index is -0.318. The van der Waals surface area contributed by atoms with Crippen molar-refractivity contribution in [3.05, 3.63) is 88.2 Å². The number of hydrogen-bond donors (Lipinski definition) is 0. The molecule has 4 rings (SSSR count). The average Bonchev–Trinajstić information content (AvgIpc) is 3.33. The normalized spacial score (nSPS) is 14.0. The fourth-order valence-corrected chi connectivity index (χ4v) is 4.65. The molecule has 2 heterocycles. The summed E-state index contributed by atoms with van der Waals surface area (Å²) in [5.74, 6) is 1.30. The van der Waals surface area contributed by atoms with Gasteiger partial charge in [0.05, 0.1) is 34.8 Å². The summed E-state index contributed by atoms with van der Waals surface area (Å²) < 4.78 is 10.9. The third-order valence-electron chi connectivity index (χ3n) is 4.90. The lowest BCUT2D eigenvalue weighted by Crippen LogP contribution is -2.31. The summed E-state index contributed by atoms with van der Waals surface area (Å²) in [6.07, 6.45) is 1.60. The Morgan fingerprint density at radius 1 is 0.968 bits per heavy atom. The van der Waals surface area contributed by atoms with Crippen LogP contribution in [0.2, 0.25) is 0 Å². The van der Waals surface area contributed by atoms with E-state index in [9.17, 15) is 9.59 Å². The van der Waals surface area contributed by atoms with Gasteiger partial charge < -0.3 is 9.15 Å². The highest BCUT2D eigenvalue weighted by Crippen LogP contribution is 2.40. The second-order valence-corrected chi connectivity index (χ2v) is 8.31. The monoisotopic (exact) mass is 433 g/mol. The molecule has 2 amide bonds. The highest BCUT2D eigenvalue weighted by molar-refractivity contribution is 8.03. The highest BCUT2D eigenvalue weighted by atomic mass is 32.2. The number of nitrogens with zero attached hydrogens (tertiary/aromatic N) is 1. The third-order valence-corrected chi connectivity index (χ3v) is 6.00. The second kappa shape index (κ2) is 8.86. The van der Waals surface area contributed by atoms with Crippen molar-refractivity contribution in [3.8, 4) is 5.75 Å².